The van der Waals surface area contributed by atoms with Crippen molar-refractivity contribution in [2.75, 3.05) is 0 Å². The van der Waals surface area contributed by atoms with Gasteiger partial charge in [0.2, 0.25) is 4.75 Å². The van der Waals surface area contributed by atoms with Gasteiger partial charge in [0.25, 0.3) is 10.1 Å². The minimum atomic E-state index is -5.52. The molecule has 27 heavy (non-hydrogen) atoms. The van der Waals surface area contributed by atoms with Crippen LogP contribution in [0, 0.1) is 0 Å². The number of unbranched alkanes of at least 4 members (excludes halogenated alkanes) is 5. The van der Waals surface area contributed by atoms with Crippen molar-refractivity contribution in [2.24, 2.45) is 0 Å². The van der Waals surface area contributed by atoms with E-state index in [1.165, 1.54) is 0 Å². The average molecular weight is 406 g/mol. The Morgan fingerprint density at radius 2 is 1.63 bits per heavy atom. The van der Waals surface area contributed by atoms with Crippen LogP contribution in [-0.4, -0.2) is 56.4 Å². The largest absolute Gasteiger partial charge is 0.478 e. The van der Waals surface area contributed by atoms with Gasteiger partial charge >= 0.3 is 5.97 Å². The fourth-order valence-electron chi connectivity index (χ4n) is 3.30. The van der Waals surface area contributed by atoms with E-state index >= 15 is 0 Å². The summed E-state index contributed by atoms with van der Waals surface area (Å²) in [5.74, 6) is -7.94. The Hall–Kier alpha value is -1.62. The number of allylic oxidation sites excluding steroid dienone is 1. The molecule has 0 aromatic rings. The Labute approximate surface area is 157 Å². The van der Waals surface area contributed by atoms with Crippen LogP contribution in [0.15, 0.2) is 11.1 Å². The zero-order valence-corrected chi connectivity index (χ0v) is 16.2. The summed E-state index contributed by atoms with van der Waals surface area (Å²) in [5.41, 5.74) is -1.47. The molecule has 4 N–H and O–H groups in total. The molecular formula is C17H26O9S. The summed E-state index contributed by atoms with van der Waals surface area (Å²) < 4.78 is 29.7. The van der Waals surface area contributed by atoms with Crippen LogP contribution in [0.3, 0.4) is 0 Å². The van der Waals surface area contributed by atoms with Crippen LogP contribution in [0.25, 0.3) is 0 Å². The molecule has 9 nitrogen and oxygen atoms in total. The first kappa shape index (κ1) is 23.4. The number of aliphatic carboxylic acids is 1. The number of ketones is 2. The monoisotopic (exact) mass is 406 g/mol. The smallest absolute Gasteiger partial charge is 0.339 e. The van der Waals surface area contributed by atoms with Crippen LogP contribution >= 0.6 is 0 Å². The highest BCUT2D eigenvalue weighted by Gasteiger charge is 2.66. The summed E-state index contributed by atoms with van der Waals surface area (Å²) in [6.07, 6.45) is 3.76. The van der Waals surface area contributed by atoms with Crippen molar-refractivity contribution in [2.45, 2.75) is 75.7 Å². The number of carbonyl (C=O) groups excluding carboxylic acids is 2. The minimum Gasteiger partial charge on any atom is -0.478 e. The molecule has 0 bridgehead atoms. The third-order valence-electron chi connectivity index (χ3n) is 4.84. The predicted molar refractivity (Wildman–Crippen MR) is 94.4 cm³/mol. The van der Waals surface area contributed by atoms with Crippen LogP contribution in [0.1, 0.15) is 65.2 Å². The van der Waals surface area contributed by atoms with Gasteiger partial charge in [0, 0.05) is 12.0 Å². The van der Waals surface area contributed by atoms with E-state index in [-0.39, 0.29) is 12.0 Å². The van der Waals surface area contributed by atoms with Crippen LogP contribution in [0.5, 0.6) is 0 Å². The number of carboxylic acid groups (broad SMARTS) is 1. The average Bonchev–Trinajstić information content (AvgIpc) is 2.50. The van der Waals surface area contributed by atoms with Gasteiger partial charge in [-0.15, -0.1) is 0 Å². The van der Waals surface area contributed by atoms with E-state index in [9.17, 15) is 42.7 Å². The van der Waals surface area contributed by atoms with Gasteiger partial charge in [-0.25, -0.2) is 4.79 Å². The molecule has 154 valence electrons. The normalized spacial score (nSPS) is 21.7. The fourth-order valence-corrected chi connectivity index (χ4v) is 4.44. The van der Waals surface area contributed by atoms with Gasteiger partial charge in [-0.05, 0) is 19.8 Å². The molecule has 1 rings (SSSR count). The standard InChI is InChI=1S/C17H26O9S/c1-3-4-5-6-7-8-9-11-12(18)10-17(16(2,22)23,27(24,25)26)14(19)13(11)15(20)21/h22-23H,3-10H2,1-2H3,(H,20,21)(H,24,25,26). The van der Waals surface area contributed by atoms with Crippen molar-refractivity contribution in [3.63, 3.8) is 0 Å². The van der Waals surface area contributed by atoms with Gasteiger partial charge in [0.05, 0.1) is 0 Å². The Bertz CT molecular complexity index is 743. The molecule has 0 saturated heterocycles. The van der Waals surface area contributed by atoms with Crippen molar-refractivity contribution in [3.8, 4) is 0 Å². The van der Waals surface area contributed by atoms with Crippen molar-refractivity contribution < 1.29 is 42.7 Å². The molecule has 0 aliphatic heterocycles. The number of carbonyl (C=O) groups is 3. The molecule has 0 amide bonds. The first-order valence-electron chi connectivity index (χ1n) is 8.77. The second-order valence-corrected chi connectivity index (χ2v) is 8.58. The SMILES string of the molecule is CCCCCCCCC1=C(C(=O)O)C(=O)C(C(C)(O)O)(S(=O)(=O)O)CC1=O. The van der Waals surface area contributed by atoms with E-state index in [4.69, 9.17) is 0 Å². The lowest BCUT2D eigenvalue weighted by Gasteiger charge is -2.39. The Morgan fingerprint density at radius 3 is 2.07 bits per heavy atom. The topological polar surface area (TPSA) is 166 Å². The van der Waals surface area contributed by atoms with Crippen LogP contribution in [0.2, 0.25) is 0 Å². The van der Waals surface area contributed by atoms with Crippen molar-refractivity contribution in [1.82, 2.24) is 0 Å². The second-order valence-electron chi connectivity index (χ2n) is 6.93. The molecule has 0 aromatic heterocycles. The molecule has 0 aromatic carbocycles. The molecule has 10 heteroatoms. The van der Waals surface area contributed by atoms with E-state index in [1.807, 2.05) is 6.92 Å². The predicted octanol–water partition coefficient (Wildman–Crippen LogP) is 0.988. The van der Waals surface area contributed by atoms with Crippen LogP contribution < -0.4 is 0 Å². The number of aliphatic hydroxyl groups is 2. The zero-order chi connectivity index (χ0) is 21.0. The molecule has 0 spiro atoms. The fraction of sp³-hybridized carbons (Fsp3) is 0.706. The Kier molecular flexibility index (Phi) is 7.45. The molecule has 1 unspecified atom stereocenters. The maximum Gasteiger partial charge on any atom is 0.339 e. The maximum absolute atomic E-state index is 12.7. The Balaban J connectivity index is 3.29. The van der Waals surface area contributed by atoms with Gasteiger partial charge in [0.1, 0.15) is 5.57 Å². The third-order valence-corrected chi connectivity index (χ3v) is 6.44. The van der Waals surface area contributed by atoms with Gasteiger partial charge in [0.15, 0.2) is 17.4 Å². The summed E-state index contributed by atoms with van der Waals surface area (Å²) in [6.45, 7) is 2.55. The molecular weight excluding hydrogens is 380 g/mol. The highest BCUT2D eigenvalue weighted by atomic mass is 32.2. The van der Waals surface area contributed by atoms with Gasteiger partial charge in [-0.2, -0.15) is 8.42 Å². The van der Waals surface area contributed by atoms with E-state index < -0.39 is 50.2 Å². The number of Topliss-reactive ketones (excluding diaryl/α,β-unsaturated/α-hetero) is 2. The minimum absolute atomic E-state index is 0.0482. The molecule has 0 heterocycles. The first-order valence-corrected chi connectivity index (χ1v) is 10.2. The molecule has 1 atom stereocenters. The van der Waals surface area contributed by atoms with Crippen LogP contribution in [-0.2, 0) is 24.5 Å². The molecule has 1 aliphatic rings. The summed E-state index contributed by atoms with van der Waals surface area (Å²) in [5, 5.41) is 29.0. The number of rotatable bonds is 10. The lowest BCUT2D eigenvalue weighted by molar-refractivity contribution is -0.182. The van der Waals surface area contributed by atoms with Gasteiger partial charge < -0.3 is 15.3 Å². The highest BCUT2D eigenvalue weighted by molar-refractivity contribution is 7.88. The molecule has 0 fully saturated rings. The Morgan fingerprint density at radius 1 is 1.11 bits per heavy atom. The number of hydrogen-bond donors (Lipinski definition) is 4. The molecule has 0 radical (unpaired) electrons. The lowest BCUT2D eigenvalue weighted by atomic mass is 9.75. The number of carboxylic acids is 1. The quantitative estimate of drug-likeness (QED) is 0.179. The van der Waals surface area contributed by atoms with E-state index in [0.29, 0.717) is 19.8 Å². The molecule has 1 aliphatic carbocycles. The maximum atomic E-state index is 12.7. The first-order chi connectivity index (χ1) is 12.3. The van der Waals surface area contributed by atoms with Gasteiger partial charge in [-0.3, -0.25) is 14.1 Å². The molecule has 0 saturated carbocycles. The summed E-state index contributed by atoms with van der Waals surface area (Å²) >= 11 is 0. The van der Waals surface area contributed by atoms with Crippen molar-refractivity contribution in [1.29, 1.82) is 0 Å². The zero-order valence-electron chi connectivity index (χ0n) is 15.4. The van der Waals surface area contributed by atoms with E-state index in [2.05, 4.69) is 0 Å². The highest BCUT2D eigenvalue weighted by Crippen LogP contribution is 2.41. The summed E-state index contributed by atoms with van der Waals surface area (Å²) in [4.78, 5) is 36.7. The van der Waals surface area contributed by atoms with E-state index in [1.54, 1.807) is 0 Å². The van der Waals surface area contributed by atoms with Gasteiger partial charge in [-0.1, -0.05) is 39.0 Å². The summed E-state index contributed by atoms with van der Waals surface area (Å²) in [6, 6.07) is 0. The number of hydrogen-bond acceptors (Lipinski definition) is 7. The van der Waals surface area contributed by atoms with Crippen molar-refractivity contribution >= 4 is 27.7 Å². The van der Waals surface area contributed by atoms with Crippen LogP contribution in [0.4, 0.5) is 0 Å². The second kappa shape index (κ2) is 8.59. The van der Waals surface area contributed by atoms with Crippen molar-refractivity contribution in [3.05, 3.63) is 11.1 Å². The summed E-state index contributed by atoms with van der Waals surface area (Å²) in [7, 11) is -5.52. The lowest BCUT2D eigenvalue weighted by Crippen LogP contribution is -2.65. The third kappa shape index (κ3) is 4.63. The van der Waals surface area contributed by atoms with E-state index in [0.717, 1.165) is 25.7 Å².